The SMILES string of the molecule is N/N=C/c1ccc(C(=Cc2ccc3ccccc3c2Cl)n2ccnc2)cc1. The summed E-state index contributed by atoms with van der Waals surface area (Å²) in [4.78, 5) is 4.18. The number of nitrogens with two attached hydrogens (primary N) is 1. The fourth-order valence-electron chi connectivity index (χ4n) is 3.04. The van der Waals surface area contributed by atoms with Gasteiger partial charge in [-0.3, -0.25) is 0 Å². The molecule has 1 heterocycles. The van der Waals surface area contributed by atoms with E-state index in [0.29, 0.717) is 0 Å². The van der Waals surface area contributed by atoms with E-state index in [1.165, 1.54) is 0 Å². The molecule has 132 valence electrons. The summed E-state index contributed by atoms with van der Waals surface area (Å²) in [6, 6.07) is 20.2. The average Bonchev–Trinajstić information content (AvgIpc) is 3.23. The number of benzene rings is 3. The molecule has 0 aliphatic rings. The molecular weight excluding hydrogens is 356 g/mol. The molecule has 0 spiro atoms. The number of aromatic nitrogens is 2. The Morgan fingerprint density at radius 3 is 2.59 bits per heavy atom. The van der Waals surface area contributed by atoms with Gasteiger partial charge < -0.3 is 10.4 Å². The van der Waals surface area contributed by atoms with Gasteiger partial charge >= 0.3 is 0 Å². The molecule has 4 nitrogen and oxygen atoms in total. The fraction of sp³-hybridized carbons (Fsp3) is 0. The van der Waals surface area contributed by atoms with Crippen LogP contribution in [0.3, 0.4) is 0 Å². The van der Waals surface area contributed by atoms with Crippen LogP contribution in [0.5, 0.6) is 0 Å². The van der Waals surface area contributed by atoms with Gasteiger partial charge in [-0.2, -0.15) is 5.10 Å². The summed E-state index contributed by atoms with van der Waals surface area (Å²) in [5, 5.41) is 6.45. The van der Waals surface area contributed by atoms with Crippen LogP contribution in [0.25, 0.3) is 22.5 Å². The third-order valence-corrected chi connectivity index (χ3v) is 4.82. The van der Waals surface area contributed by atoms with Gasteiger partial charge in [-0.05, 0) is 28.2 Å². The minimum absolute atomic E-state index is 0.734. The molecule has 1 aromatic heterocycles. The summed E-state index contributed by atoms with van der Waals surface area (Å²) in [5.41, 5.74) is 3.90. The molecule has 2 N–H and O–H groups in total. The maximum Gasteiger partial charge on any atom is 0.0991 e. The zero-order chi connectivity index (χ0) is 18.6. The van der Waals surface area contributed by atoms with E-state index >= 15 is 0 Å². The summed E-state index contributed by atoms with van der Waals surface area (Å²) >= 11 is 6.70. The van der Waals surface area contributed by atoms with Crippen LogP contribution in [-0.2, 0) is 0 Å². The Morgan fingerprint density at radius 2 is 1.85 bits per heavy atom. The third kappa shape index (κ3) is 3.48. The summed E-state index contributed by atoms with van der Waals surface area (Å²) in [6.45, 7) is 0. The molecular formula is C22H17ClN4. The number of nitrogens with zero attached hydrogens (tertiary/aromatic N) is 3. The first-order valence-electron chi connectivity index (χ1n) is 8.47. The second kappa shape index (κ2) is 7.48. The van der Waals surface area contributed by atoms with Crippen molar-refractivity contribution in [3.05, 3.63) is 101 Å². The molecule has 4 aromatic rings. The quantitative estimate of drug-likeness (QED) is 0.236. The maximum atomic E-state index is 6.70. The van der Waals surface area contributed by atoms with Crippen LogP contribution in [0.2, 0.25) is 5.02 Å². The van der Waals surface area contributed by atoms with Crippen molar-refractivity contribution in [1.82, 2.24) is 9.55 Å². The number of rotatable bonds is 4. The molecule has 4 rings (SSSR count). The molecule has 0 amide bonds. The van der Waals surface area contributed by atoms with Crippen molar-refractivity contribution in [2.24, 2.45) is 10.9 Å². The smallest absolute Gasteiger partial charge is 0.0991 e. The number of fused-ring (bicyclic) bond motifs is 1. The van der Waals surface area contributed by atoms with Gasteiger partial charge in [0.05, 0.1) is 23.3 Å². The number of imidazole rings is 1. The van der Waals surface area contributed by atoms with Crippen molar-refractivity contribution in [2.45, 2.75) is 0 Å². The van der Waals surface area contributed by atoms with Crippen molar-refractivity contribution in [1.29, 1.82) is 0 Å². The van der Waals surface area contributed by atoms with Crippen LogP contribution < -0.4 is 5.84 Å². The molecule has 0 fully saturated rings. The van der Waals surface area contributed by atoms with E-state index in [9.17, 15) is 0 Å². The second-order valence-electron chi connectivity index (χ2n) is 6.09. The van der Waals surface area contributed by atoms with E-state index in [4.69, 9.17) is 17.4 Å². The predicted molar refractivity (Wildman–Crippen MR) is 113 cm³/mol. The van der Waals surface area contributed by atoms with E-state index in [1.54, 1.807) is 18.7 Å². The lowest BCUT2D eigenvalue weighted by Crippen LogP contribution is -1.97. The van der Waals surface area contributed by atoms with Crippen LogP contribution in [0.4, 0.5) is 0 Å². The summed E-state index contributed by atoms with van der Waals surface area (Å²) < 4.78 is 1.97. The third-order valence-electron chi connectivity index (χ3n) is 4.40. The van der Waals surface area contributed by atoms with Crippen molar-refractivity contribution < 1.29 is 0 Å². The van der Waals surface area contributed by atoms with Gasteiger partial charge in [0.1, 0.15) is 0 Å². The molecule has 0 atom stereocenters. The minimum atomic E-state index is 0.734. The van der Waals surface area contributed by atoms with Gasteiger partial charge in [0.15, 0.2) is 0 Å². The topological polar surface area (TPSA) is 56.2 Å². The van der Waals surface area contributed by atoms with Crippen LogP contribution >= 0.6 is 11.6 Å². The molecule has 0 aliphatic carbocycles. The van der Waals surface area contributed by atoms with E-state index in [-0.39, 0.29) is 0 Å². The molecule has 3 aromatic carbocycles. The molecule has 0 bridgehead atoms. The molecule has 5 heteroatoms. The molecule has 0 aliphatic heterocycles. The second-order valence-corrected chi connectivity index (χ2v) is 6.47. The predicted octanol–water partition coefficient (Wildman–Crippen LogP) is 5.03. The van der Waals surface area contributed by atoms with Gasteiger partial charge in [-0.15, -0.1) is 0 Å². The van der Waals surface area contributed by atoms with E-state index in [1.807, 2.05) is 59.3 Å². The zero-order valence-electron chi connectivity index (χ0n) is 14.5. The average molecular weight is 373 g/mol. The van der Waals surface area contributed by atoms with Gasteiger partial charge in [-0.1, -0.05) is 72.3 Å². The van der Waals surface area contributed by atoms with Crippen molar-refractivity contribution in [3.8, 4) is 0 Å². The lowest BCUT2D eigenvalue weighted by molar-refractivity contribution is 1.09. The van der Waals surface area contributed by atoms with Crippen molar-refractivity contribution >= 4 is 40.4 Å². The highest BCUT2D eigenvalue weighted by atomic mass is 35.5. The molecule has 27 heavy (non-hydrogen) atoms. The standard InChI is InChI=1S/C22H17ClN4/c23-22-19(10-9-17-3-1-2-4-20(17)22)13-21(27-12-11-25-15-27)18-7-5-16(6-8-18)14-26-24/h1-15H,24H2/b21-13?,26-14+. The van der Waals surface area contributed by atoms with Gasteiger partial charge in [0, 0.05) is 17.8 Å². The molecule has 0 unspecified atom stereocenters. The lowest BCUT2D eigenvalue weighted by Gasteiger charge is -2.11. The number of hydrogen-bond donors (Lipinski definition) is 1. The summed E-state index contributed by atoms with van der Waals surface area (Å²) in [5.74, 6) is 5.23. The van der Waals surface area contributed by atoms with E-state index in [2.05, 4.69) is 28.3 Å². The van der Waals surface area contributed by atoms with Crippen molar-refractivity contribution in [2.75, 3.05) is 0 Å². The highest BCUT2D eigenvalue weighted by Crippen LogP contribution is 2.30. The monoisotopic (exact) mass is 372 g/mol. The Balaban J connectivity index is 1.86. The summed E-state index contributed by atoms with van der Waals surface area (Å²) in [7, 11) is 0. The number of hydrogen-bond acceptors (Lipinski definition) is 3. The Bertz CT molecular complexity index is 1130. The van der Waals surface area contributed by atoms with E-state index in [0.717, 1.165) is 38.2 Å². The number of halogens is 1. The van der Waals surface area contributed by atoms with E-state index < -0.39 is 0 Å². The molecule has 0 radical (unpaired) electrons. The van der Waals surface area contributed by atoms with Crippen LogP contribution in [-0.4, -0.2) is 15.8 Å². The van der Waals surface area contributed by atoms with Gasteiger partial charge in [0.2, 0.25) is 0 Å². The maximum absolute atomic E-state index is 6.70. The minimum Gasteiger partial charge on any atom is -0.323 e. The molecule has 0 saturated carbocycles. The summed E-state index contributed by atoms with van der Waals surface area (Å²) in [6.07, 6.45) is 9.13. The lowest BCUT2D eigenvalue weighted by atomic mass is 10.0. The first kappa shape index (κ1) is 17.1. The fourth-order valence-corrected chi connectivity index (χ4v) is 3.33. The van der Waals surface area contributed by atoms with Gasteiger partial charge in [0.25, 0.3) is 0 Å². The number of hydrazone groups is 1. The highest BCUT2D eigenvalue weighted by Gasteiger charge is 2.08. The van der Waals surface area contributed by atoms with Crippen molar-refractivity contribution in [3.63, 3.8) is 0 Å². The Hall–Kier alpha value is -3.37. The molecule has 0 saturated heterocycles. The first-order chi connectivity index (χ1) is 13.3. The Kier molecular flexibility index (Phi) is 4.73. The first-order valence-corrected chi connectivity index (χ1v) is 8.85. The zero-order valence-corrected chi connectivity index (χ0v) is 15.2. The van der Waals surface area contributed by atoms with Crippen LogP contribution in [0.15, 0.2) is 84.5 Å². The Labute approximate surface area is 162 Å². The van der Waals surface area contributed by atoms with Gasteiger partial charge in [-0.25, -0.2) is 4.98 Å². The largest absolute Gasteiger partial charge is 0.323 e. The normalized spacial score (nSPS) is 12.1. The highest BCUT2D eigenvalue weighted by molar-refractivity contribution is 6.37. The van der Waals surface area contributed by atoms with Crippen LogP contribution in [0.1, 0.15) is 16.7 Å². The Morgan fingerprint density at radius 1 is 1.04 bits per heavy atom. The van der Waals surface area contributed by atoms with Crippen LogP contribution in [0, 0.1) is 0 Å².